The lowest BCUT2D eigenvalue weighted by molar-refractivity contribution is -0.130. The SMILES string of the molecule is CN(C)C(=O)COc1ccc(NC(=O)C2(N)CCCCC2)cc1. The standard InChI is InChI=1S/C17H25N3O3/c1-20(2)15(21)12-23-14-8-6-13(7-9-14)19-16(22)17(18)10-4-3-5-11-17/h6-9H,3-5,10-12,18H2,1-2H3,(H,19,22). The van der Waals surface area contributed by atoms with Crippen LogP contribution >= 0.6 is 0 Å². The van der Waals surface area contributed by atoms with E-state index < -0.39 is 5.54 Å². The van der Waals surface area contributed by atoms with Crippen molar-refractivity contribution in [1.29, 1.82) is 0 Å². The first-order chi connectivity index (χ1) is 10.9. The molecule has 126 valence electrons. The van der Waals surface area contributed by atoms with Gasteiger partial charge in [0.1, 0.15) is 5.75 Å². The van der Waals surface area contributed by atoms with E-state index in [4.69, 9.17) is 10.5 Å². The summed E-state index contributed by atoms with van der Waals surface area (Å²) in [6.45, 7) is -0.00931. The second-order valence-corrected chi connectivity index (χ2v) is 6.27. The van der Waals surface area contributed by atoms with E-state index in [0.29, 0.717) is 11.4 Å². The fourth-order valence-electron chi connectivity index (χ4n) is 2.57. The fraction of sp³-hybridized carbons (Fsp3) is 0.529. The van der Waals surface area contributed by atoms with E-state index in [-0.39, 0.29) is 18.4 Å². The molecule has 6 nitrogen and oxygen atoms in total. The zero-order valence-electron chi connectivity index (χ0n) is 13.8. The number of ether oxygens (including phenoxy) is 1. The van der Waals surface area contributed by atoms with Crippen LogP contribution in [0.15, 0.2) is 24.3 Å². The average Bonchev–Trinajstić information content (AvgIpc) is 2.54. The first-order valence-corrected chi connectivity index (χ1v) is 7.94. The summed E-state index contributed by atoms with van der Waals surface area (Å²) in [7, 11) is 3.36. The Bertz CT molecular complexity index is 549. The Morgan fingerprint density at radius 1 is 1.17 bits per heavy atom. The summed E-state index contributed by atoms with van der Waals surface area (Å²) < 4.78 is 5.40. The molecule has 2 rings (SSSR count). The summed E-state index contributed by atoms with van der Waals surface area (Å²) in [6.07, 6.45) is 4.59. The molecule has 1 saturated carbocycles. The number of carbonyl (C=O) groups excluding carboxylic acids is 2. The topological polar surface area (TPSA) is 84.7 Å². The van der Waals surface area contributed by atoms with Gasteiger partial charge in [0.15, 0.2) is 6.61 Å². The van der Waals surface area contributed by atoms with E-state index in [1.165, 1.54) is 4.90 Å². The van der Waals surface area contributed by atoms with Crippen LogP contribution < -0.4 is 15.8 Å². The molecule has 0 heterocycles. The highest BCUT2D eigenvalue weighted by atomic mass is 16.5. The number of benzene rings is 1. The molecule has 0 spiro atoms. The smallest absolute Gasteiger partial charge is 0.259 e. The number of hydrogen-bond donors (Lipinski definition) is 2. The quantitative estimate of drug-likeness (QED) is 0.866. The molecule has 1 aromatic rings. The third-order valence-corrected chi connectivity index (χ3v) is 4.17. The third-order valence-electron chi connectivity index (χ3n) is 4.17. The summed E-state index contributed by atoms with van der Waals surface area (Å²) in [5, 5.41) is 2.87. The Morgan fingerprint density at radius 2 is 1.78 bits per heavy atom. The fourth-order valence-corrected chi connectivity index (χ4v) is 2.57. The van der Waals surface area contributed by atoms with Crippen molar-refractivity contribution in [3.05, 3.63) is 24.3 Å². The molecule has 0 atom stereocenters. The molecule has 1 aromatic carbocycles. The molecule has 2 amide bonds. The predicted molar refractivity (Wildman–Crippen MR) is 89.3 cm³/mol. The van der Waals surface area contributed by atoms with E-state index in [1.54, 1.807) is 38.4 Å². The molecular formula is C17H25N3O3. The Balaban J connectivity index is 1.89. The van der Waals surface area contributed by atoms with Crippen molar-refractivity contribution in [3.8, 4) is 5.75 Å². The molecule has 0 aliphatic heterocycles. The van der Waals surface area contributed by atoms with Gasteiger partial charge in [-0.1, -0.05) is 19.3 Å². The first kappa shape index (κ1) is 17.3. The molecule has 0 unspecified atom stereocenters. The van der Waals surface area contributed by atoms with Crippen molar-refractivity contribution < 1.29 is 14.3 Å². The van der Waals surface area contributed by atoms with Crippen LogP contribution in [0.25, 0.3) is 0 Å². The largest absolute Gasteiger partial charge is 0.484 e. The van der Waals surface area contributed by atoms with Crippen LogP contribution in [0.5, 0.6) is 5.75 Å². The van der Waals surface area contributed by atoms with Crippen molar-refractivity contribution in [2.75, 3.05) is 26.0 Å². The van der Waals surface area contributed by atoms with Crippen LogP contribution in [0, 0.1) is 0 Å². The number of nitrogens with two attached hydrogens (primary N) is 1. The van der Waals surface area contributed by atoms with Gasteiger partial charge in [-0.2, -0.15) is 0 Å². The van der Waals surface area contributed by atoms with Gasteiger partial charge >= 0.3 is 0 Å². The maximum absolute atomic E-state index is 12.3. The van der Waals surface area contributed by atoms with E-state index in [0.717, 1.165) is 32.1 Å². The number of nitrogens with zero attached hydrogens (tertiary/aromatic N) is 1. The zero-order chi connectivity index (χ0) is 16.9. The van der Waals surface area contributed by atoms with Gasteiger partial charge in [0.2, 0.25) is 5.91 Å². The summed E-state index contributed by atoms with van der Waals surface area (Å²) in [5.41, 5.74) is 6.13. The summed E-state index contributed by atoms with van der Waals surface area (Å²) >= 11 is 0. The molecule has 1 aliphatic carbocycles. The lowest BCUT2D eigenvalue weighted by Crippen LogP contribution is -2.52. The Labute approximate surface area is 137 Å². The number of amides is 2. The molecule has 1 aliphatic rings. The lowest BCUT2D eigenvalue weighted by Gasteiger charge is -2.31. The van der Waals surface area contributed by atoms with E-state index in [2.05, 4.69) is 5.32 Å². The Kier molecular flexibility index (Phi) is 5.60. The van der Waals surface area contributed by atoms with Crippen LogP contribution in [0.1, 0.15) is 32.1 Å². The van der Waals surface area contributed by atoms with Gasteiger partial charge in [-0.05, 0) is 37.1 Å². The van der Waals surface area contributed by atoms with Crippen LogP contribution in [0.3, 0.4) is 0 Å². The minimum atomic E-state index is -0.758. The molecule has 0 bridgehead atoms. The van der Waals surface area contributed by atoms with Gasteiger partial charge in [-0.3, -0.25) is 9.59 Å². The molecule has 0 aromatic heterocycles. The number of anilines is 1. The molecule has 0 saturated heterocycles. The predicted octanol–water partition coefficient (Wildman–Crippen LogP) is 1.75. The monoisotopic (exact) mass is 319 g/mol. The van der Waals surface area contributed by atoms with E-state index >= 15 is 0 Å². The first-order valence-electron chi connectivity index (χ1n) is 7.94. The maximum Gasteiger partial charge on any atom is 0.259 e. The van der Waals surface area contributed by atoms with Gasteiger partial charge in [0.25, 0.3) is 5.91 Å². The Hall–Kier alpha value is -2.08. The number of nitrogens with one attached hydrogen (secondary N) is 1. The van der Waals surface area contributed by atoms with Crippen LogP contribution in [0.2, 0.25) is 0 Å². The molecule has 3 N–H and O–H groups in total. The second-order valence-electron chi connectivity index (χ2n) is 6.27. The van der Waals surface area contributed by atoms with Gasteiger partial charge in [-0.25, -0.2) is 0 Å². The van der Waals surface area contributed by atoms with E-state index in [1.807, 2.05) is 0 Å². The number of hydrogen-bond acceptors (Lipinski definition) is 4. The lowest BCUT2D eigenvalue weighted by atomic mass is 9.82. The third kappa shape index (κ3) is 4.69. The van der Waals surface area contributed by atoms with Gasteiger partial charge in [0, 0.05) is 19.8 Å². The molecule has 0 radical (unpaired) electrons. The highest BCUT2D eigenvalue weighted by Gasteiger charge is 2.35. The summed E-state index contributed by atoms with van der Waals surface area (Å²) in [5.74, 6) is 0.344. The van der Waals surface area contributed by atoms with Gasteiger partial charge < -0.3 is 20.7 Å². The minimum Gasteiger partial charge on any atom is -0.484 e. The summed E-state index contributed by atoms with van der Waals surface area (Å²) in [6, 6.07) is 6.95. The number of rotatable bonds is 5. The van der Waals surface area contributed by atoms with Gasteiger partial charge in [0.05, 0.1) is 5.54 Å². The highest BCUT2D eigenvalue weighted by molar-refractivity contribution is 5.98. The van der Waals surface area contributed by atoms with Crippen LogP contribution in [-0.4, -0.2) is 43.0 Å². The van der Waals surface area contributed by atoms with Crippen molar-refractivity contribution in [2.45, 2.75) is 37.6 Å². The molecule has 23 heavy (non-hydrogen) atoms. The number of likely N-dealkylation sites (N-methyl/N-ethyl adjacent to an activating group) is 1. The van der Waals surface area contributed by atoms with Crippen molar-refractivity contribution in [1.82, 2.24) is 4.90 Å². The second kappa shape index (κ2) is 7.46. The van der Waals surface area contributed by atoms with Crippen molar-refractivity contribution in [3.63, 3.8) is 0 Å². The average molecular weight is 319 g/mol. The molecular weight excluding hydrogens is 294 g/mol. The van der Waals surface area contributed by atoms with E-state index in [9.17, 15) is 9.59 Å². The molecule has 6 heteroatoms. The van der Waals surface area contributed by atoms with Crippen LogP contribution in [-0.2, 0) is 9.59 Å². The van der Waals surface area contributed by atoms with Gasteiger partial charge in [-0.15, -0.1) is 0 Å². The van der Waals surface area contributed by atoms with Crippen LogP contribution in [0.4, 0.5) is 5.69 Å². The zero-order valence-corrected chi connectivity index (χ0v) is 13.8. The van der Waals surface area contributed by atoms with Crippen molar-refractivity contribution >= 4 is 17.5 Å². The molecule has 1 fully saturated rings. The summed E-state index contributed by atoms with van der Waals surface area (Å²) in [4.78, 5) is 25.3. The van der Waals surface area contributed by atoms with Crippen molar-refractivity contribution in [2.24, 2.45) is 5.73 Å². The highest BCUT2D eigenvalue weighted by Crippen LogP contribution is 2.27. The minimum absolute atomic E-state index is 0.00931. The Morgan fingerprint density at radius 3 is 2.35 bits per heavy atom. The number of carbonyl (C=O) groups is 2. The maximum atomic E-state index is 12.3. The normalized spacial score (nSPS) is 16.5.